The van der Waals surface area contributed by atoms with Gasteiger partial charge in [0.05, 0.1) is 16.9 Å². The molecule has 5 nitrogen and oxygen atoms in total. The number of H-pyrrole nitrogens is 1. The number of nitrogens with two attached hydrogens (primary N) is 1. The maximum atomic E-state index is 10.8. The Kier molecular flexibility index (Phi) is 3.23. The summed E-state index contributed by atoms with van der Waals surface area (Å²) in [6.45, 7) is 1.89. The van der Waals surface area contributed by atoms with Crippen LogP contribution in [-0.2, 0) is 0 Å². The Bertz CT molecular complexity index is 549. The number of aromatic carboxylic acids is 1. The van der Waals surface area contributed by atoms with Gasteiger partial charge in [0.1, 0.15) is 11.9 Å². The van der Waals surface area contributed by atoms with Crippen molar-refractivity contribution in [3.63, 3.8) is 0 Å². The lowest BCUT2D eigenvalue weighted by Crippen LogP contribution is -2.06. The van der Waals surface area contributed by atoms with E-state index in [-0.39, 0.29) is 11.7 Å². The van der Waals surface area contributed by atoms with Crippen LogP contribution in [0.15, 0.2) is 36.5 Å². The molecule has 2 rings (SSSR count). The molecule has 0 fully saturated rings. The third-order valence-electron chi connectivity index (χ3n) is 2.62. The zero-order valence-electron chi connectivity index (χ0n) is 9.88. The van der Waals surface area contributed by atoms with Crippen molar-refractivity contribution in [3.05, 3.63) is 47.8 Å². The van der Waals surface area contributed by atoms with Crippen LogP contribution < -0.4 is 10.5 Å². The molecule has 1 atom stereocenters. The van der Waals surface area contributed by atoms with Crippen LogP contribution in [0.1, 0.15) is 29.1 Å². The maximum Gasteiger partial charge on any atom is 0.335 e. The van der Waals surface area contributed by atoms with Crippen LogP contribution in [0.3, 0.4) is 0 Å². The van der Waals surface area contributed by atoms with Gasteiger partial charge in [-0.2, -0.15) is 0 Å². The van der Waals surface area contributed by atoms with Crippen molar-refractivity contribution in [2.45, 2.75) is 13.0 Å². The Labute approximate surface area is 104 Å². The minimum Gasteiger partial charge on any atom is -0.482 e. The highest BCUT2D eigenvalue weighted by Gasteiger charge is 2.11. The van der Waals surface area contributed by atoms with Crippen molar-refractivity contribution in [2.75, 3.05) is 5.73 Å². The Morgan fingerprint density at radius 2 is 2.22 bits per heavy atom. The molecule has 1 unspecified atom stereocenters. The van der Waals surface area contributed by atoms with Gasteiger partial charge < -0.3 is 20.6 Å². The first-order valence-electron chi connectivity index (χ1n) is 5.50. The number of anilines is 1. The van der Waals surface area contributed by atoms with E-state index in [4.69, 9.17) is 15.6 Å². The molecule has 0 aliphatic carbocycles. The number of aromatic nitrogens is 1. The van der Waals surface area contributed by atoms with E-state index in [9.17, 15) is 4.79 Å². The van der Waals surface area contributed by atoms with Crippen molar-refractivity contribution < 1.29 is 14.6 Å². The lowest BCUT2D eigenvalue weighted by molar-refractivity contribution is 0.0697. The molecule has 5 heteroatoms. The molecule has 0 saturated carbocycles. The quantitative estimate of drug-likeness (QED) is 0.723. The summed E-state index contributed by atoms with van der Waals surface area (Å²) in [5.74, 6) is -0.534. The summed E-state index contributed by atoms with van der Waals surface area (Å²) in [5, 5.41) is 8.83. The molecule has 0 aliphatic rings. The Hall–Kier alpha value is -2.43. The summed E-state index contributed by atoms with van der Waals surface area (Å²) in [5.41, 5.74) is 7.15. The van der Waals surface area contributed by atoms with E-state index in [0.717, 1.165) is 5.69 Å². The second kappa shape index (κ2) is 4.83. The van der Waals surface area contributed by atoms with Gasteiger partial charge in [-0.3, -0.25) is 0 Å². The van der Waals surface area contributed by atoms with E-state index >= 15 is 0 Å². The molecule has 4 N–H and O–H groups in total. The normalized spacial score (nSPS) is 12.1. The van der Waals surface area contributed by atoms with Crippen LogP contribution in [0.5, 0.6) is 5.75 Å². The summed E-state index contributed by atoms with van der Waals surface area (Å²) >= 11 is 0. The van der Waals surface area contributed by atoms with E-state index in [1.165, 1.54) is 12.1 Å². The first kappa shape index (κ1) is 12.0. The van der Waals surface area contributed by atoms with Crippen molar-refractivity contribution in [1.82, 2.24) is 4.98 Å². The number of benzene rings is 1. The largest absolute Gasteiger partial charge is 0.482 e. The molecule has 1 heterocycles. The molecule has 0 amide bonds. The maximum absolute atomic E-state index is 10.8. The van der Waals surface area contributed by atoms with E-state index in [0.29, 0.717) is 11.4 Å². The second-order valence-electron chi connectivity index (χ2n) is 3.94. The molecule has 18 heavy (non-hydrogen) atoms. The van der Waals surface area contributed by atoms with Gasteiger partial charge in [0.2, 0.25) is 0 Å². The van der Waals surface area contributed by atoms with Crippen LogP contribution in [0, 0.1) is 0 Å². The van der Waals surface area contributed by atoms with Crippen LogP contribution in [0.2, 0.25) is 0 Å². The van der Waals surface area contributed by atoms with E-state index in [1.807, 2.05) is 25.3 Å². The summed E-state index contributed by atoms with van der Waals surface area (Å²) in [6, 6.07) is 8.21. The average Bonchev–Trinajstić information content (AvgIpc) is 2.85. The predicted molar refractivity (Wildman–Crippen MR) is 67.6 cm³/mol. The fourth-order valence-corrected chi connectivity index (χ4v) is 1.64. The minimum absolute atomic E-state index is 0.146. The highest BCUT2D eigenvalue weighted by atomic mass is 16.5. The number of carboxylic acid groups (broad SMARTS) is 1. The number of carbonyl (C=O) groups is 1. The Morgan fingerprint density at radius 1 is 1.44 bits per heavy atom. The summed E-state index contributed by atoms with van der Waals surface area (Å²) in [7, 11) is 0. The summed E-state index contributed by atoms with van der Waals surface area (Å²) in [4.78, 5) is 13.8. The zero-order chi connectivity index (χ0) is 13.1. The van der Waals surface area contributed by atoms with Gasteiger partial charge >= 0.3 is 5.97 Å². The molecule has 94 valence electrons. The third kappa shape index (κ3) is 2.45. The van der Waals surface area contributed by atoms with Gasteiger partial charge in [0.25, 0.3) is 0 Å². The van der Waals surface area contributed by atoms with Gasteiger partial charge in [0, 0.05) is 6.20 Å². The topological polar surface area (TPSA) is 88.3 Å². The van der Waals surface area contributed by atoms with Crippen molar-refractivity contribution in [3.8, 4) is 5.75 Å². The Balaban J connectivity index is 2.17. The summed E-state index contributed by atoms with van der Waals surface area (Å²) in [6.07, 6.45) is 1.63. The van der Waals surface area contributed by atoms with Crippen LogP contribution in [0.25, 0.3) is 0 Å². The highest BCUT2D eigenvalue weighted by Crippen LogP contribution is 2.27. The molecule has 0 saturated heterocycles. The van der Waals surface area contributed by atoms with Crippen molar-refractivity contribution in [1.29, 1.82) is 0 Å². The van der Waals surface area contributed by atoms with Crippen LogP contribution in [0.4, 0.5) is 5.69 Å². The van der Waals surface area contributed by atoms with Crippen LogP contribution in [-0.4, -0.2) is 16.1 Å². The number of nitrogen functional groups attached to an aromatic ring is 1. The van der Waals surface area contributed by atoms with Gasteiger partial charge in [0.15, 0.2) is 0 Å². The second-order valence-corrected chi connectivity index (χ2v) is 3.94. The molecule has 2 aromatic rings. The molecular formula is C13H14N2O3. The molecule has 0 radical (unpaired) electrons. The zero-order valence-corrected chi connectivity index (χ0v) is 9.88. The third-order valence-corrected chi connectivity index (χ3v) is 2.62. The highest BCUT2D eigenvalue weighted by molar-refractivity contribution is 5.89. The van der Waals surface area contributed by atoms with E-state index in [2.05, 4.69) is 4.98 Å². The van der Waals surface area contributed by atoms with Gasteiger partial charge in [-0.25, -0.2) is 4.79 Å². The number of nitrogens with one attached hydrogen (secondary N) is 1. The SMILES string of the molecule is CC(Oc1ccc(C(=O)O)cc1N)c1ccc[nH]1. The van der Waals surface area contributed by atoms with Crippen molar-refractivity contribution >= 4 is 11.7 Å². The number of aromatic amines is 1. The van der Waals surface area contributed by atoms with Gasteiger partial charge in [-0.15, -0.1) is 0 Å². The minimum atomic E-state index is -1.01. The molecule has 1 aromatic carbocycles. The number of hydrogen-bond acceptors (Lipinski definition) is 3. The standard InChI is InChI=1S/C13H14N2O3/c1-8(11-3-2-6-15-11)18-12-5-4-9(13(16)17)7-10(12)14/h2-8,15H,14H2,1H3,(H,16,17). The molecule has 0 bridgehead atoms. The monoisotopic (exact) mass is 246 g/mol. The number of ether oxygens (including phenoxy) is 1. The van der Waals surface area contributed by atoms with Crippen molar-refractivity contribution in [2.24, 2.45) is 0 Å². The predicted octanol–water partition coefficient (Wildman–Crippen LogP) is 2.44. The van der Waals surface area contributed by atoms with E-state index < -0.39 is 5.97 Å². The lowest BCUT2D eigenvalue weighted by atomic mass is 10.2. The fourth-order valence-electron chi connectivity index (χ4n) is 1.64. The van der Waals surface area contributed by atoms with E-state index in [1.54, 1.807) is 6.07 Å². The van der Waals surface area contributed by atoms with Gasteiger partial charge in [-0.1, -0.05) is 0 Å². The molecular weight excluding hydrogens is 232 g/mol. The fraction of sp³-hybridized carbons (Fsp3) is 0.154. The van der Waals surface area contributed by atoms with Crippen LogP contribution >= 0.6 is 0 Å². The smallest absolute Gasteiger partial charge is 0.335 e. The lowest BCUT2D eigenvalue weighted by Gasteiger charge is -2.15. The molecule has 0 spiro atoms. The molecule has 0 aliphatic heterocycles. The number of rotatable bonds is 4. The molecule has 1 aromatic heterocycles. The van der Waals surface area contributed by atoms with Gasteiger partial charge in [-0.05, 0) is 37.3 Å². The first-order valence-corrected chi connectivity index (χ1v) is 5.50. The summed E-state index contributed by atoms with van der Waals surface area (Å²) < 4.78 is 5.68. The first-order chi connectivity index (χ1) is 8.58. The average molecular weight is 246 g/mol. The number of hydrogen-bond donors (Lipinski definition) is 3. The Morgan fingerprint density at radius 3 is 2.78 bits per heavy atom. The number of carboxylic acids is 1.